The fourth-order valence-corrected chi connectivity index (χ4v) is 7.76. The molecule has 74 heavy (non-hydrogen) atoms. The van der Waals surface area contributed by atoms with Gasteiger partial charge < -0.3 is 51.9 Å². The minimum Gasteiger partial charge on any atom is -0.481 e. The molecule has 27 nitrogen and oxygen atoms in total. The first-order valence-electron chi connectivity index (χ1n) is 23.6. The van der Waals surface area contributed by atoms with Crippen molar-refractivity contribution in [2.24, 2.45) is 0 Å². The molecule has 0 unspecified atom stereocenters. The Morgan fingerprint density at radius 2 is 1.08 bits per heavy atom. The highest BCUT2D eigenvalue weighted by atomic mass is 16.4. The van der Waals surface area contributed by atoms with Gasteiger partial charge in [-0.25, -0.2) is 19.4 Å². The number of urea groups is 1. The standard InChI is InChI=1S/C47H63N11O16/c59-38(26-55-15-17-56(27-40(62)63)19-21-58(29-42(66)67)22-20-57(18-16-55)28-41(64)65)54-53-37-12-10-33(25-49-37)43(68)50-36(24-30-8-9-31-5-1-2-6-32(31)23-30)44(69)48-14-4-3-7-34(45(70)71)51-47(74)52-35(46(72)73)11-13-39(60)61/h1-2,5-6,8-10,12,23,25,34-36H,3-4,7,11,13-22,24,26-29H2,(H,48,69)(H,49,53)(H,50,68)(H,54,59)(H,60,61)(H,62,63)(H,64,65)(H,66,67)(H,70,71)(H,72,73)(H2,51,52,74)/t34-,35-,36-/m0/s1. The summed E-state index contributed by atoms with van der Waals surface area (Å²) in [5.74, 6) is -9.02. The molecule has 1 aromatic heterocycles. The molecule has 2 aromatic carbocycles. The van der Waals surface area contributed by atoms with Gasteiger partial charge in [-0.3, -0.25) is 64.0 Å². The summed E-state index contributed by atoms with van der Waals surface area (Å²) in [4.78, 5) is 133. The second kappa shape index (κ2) is 30.1. The zero-order valence-corrected chi connectivity index (χ0v) is 40.4. The Labute approximate surface area is 424 Å². The number of aliphatic carboxylic acids is 6. The summed E-state index contributed by atoms with van der Waals surface area (Å²) >= 11 is 0. The lowest BCUT2D eigenvalue weighted by Crippen LogP contribution is -2.51. The summed E-state index contributed by atoms with van der Waals surface area (Å²) in [5.41, 5.74) is 6.01. The van der Waals surface area contributed by atoms with Crippen LogP contribution in [0.2, 0.25) is 0 Å². The van der Waals surface area contributed by atoms with E-state index < -0.39 is 90.5 Å². The first kappa shape index (κ1) is 58.6. The average molecular weight is 1040 g/mol. The number of fused-ring (bicyclic) bond motifs is 1. The van der Waals surface area contributed by atoms with Crippen LogP contribution in [0.5, 0.6) is 0 Å². The van der Waals surface area contributed by atoms with E-state index in [1.165, 1.54) is 18.3 Å². The number of amides is 5. The Morgan fingerprint density at radius 1 is 0.554 bits per heavy atom. The molecule has 1 saturated heterocycles. The SMILES string of the molecule is O=C(O)CC[C@H](NC(=O)N[C@@H](CCCCNC(=O)[C@H](Cc1ccc2ccccc2c1)NC(=O)c1ccc(NNC(=O)CN2CCN(CC(=O)O)CCN(CC(=O)O)CCN(CC(=O)O)CC2)nc1)C(=O)O)C(=O)O. The molecule has 402 valence electrons. The maximum atomic E-state index is 13.7. The summed E-state index contributed by atoms with van der Waals surface area (Å²) in [6.07, 6.45) is 0.649. The number of hydrogen-bond acceptors (Lipinski definition) is 16. The van der Waals surface area contributed by atoms with Gasteiger partial charge in [-0.2, -0.15) is 0 Å². The van der Waals surface area contributed by atoms with Gasteiger partial charge in [0.15, 0.2) is 0 Å². The van der Waals surface area contributed by atoms with Crippen LogP contribution >= 0.6 is 0 Å². The number of carbonyl (C=O) groups excluding carboxylic acids is 4. The minimum absolute atomic E-state index is 0.0461. The van der Waals surface area contributed by atoms with Gasteiger partial charge in [0.2, 0.25) is 5.91 Å². The number of benzene rings is 2. The van der Waals surface area contributed by atoms with Gasteiger partial charge in [-0.1, -0.05) is 42.5 Å². The topological polar surface area (TPSA) is 390 Å². The van der Waals surface area contributed by atoms with Gasteiger partial charge in [0.05, 0.1) is 31.7 Å². The molecule has 3 aromatic rings. The number of aromatic nitrogens is 1. The van der Waals surface area contributed by atoms with Gasteiger partial charge in [-0.05, 0) is 54.2 Å². The zero-order valence-electron chi connectivity index (χ0n) is 40.4. The third kappa shape index (κ3) is 21.8. The molecule has 0 radical (unpaired) electrons. The summed E-state index contributed by atoms with van der Waals surface area (Å²) in [5, 5.41) is 67.8. The third-order valence-corrected chi connectivity index (χ3v) is 11.7. The van der Waals surface area contributed by atoms with E-state index >= 15 is 0 Å². The highest BCUT2D eigenvalue weighted by Crippen LogP contribution is 2.17. The molecule has 1 fully saturated rings. The predicted molar refractivity (Wildman–Crippen MR) is 262 cm³/mol. The number of anilines is 1. The molecular weight excluding hydrogens is 975 g/mol. The van der Waals surface area contributed by atoms with Crippen LogP contribution in [0.15, 0.2) is 60.8 Å². The Kier molecular flexibility index (Phi) is 23.8. The van der Waals surface area contributed by atoms with Crippen molar-refractivity contribution in [3.05, 3.63) is 71.9 Å². The van der Waals surface area contributed by atoms with Crippen LogP contribution in [-0.2, 0) is 44.8 Å². The number of carboxylic acids is 6. The predicted octanol–water partition coefficient (Wildman–Crippen LogP) is -1.15. The van der Waals surface area contributed by atoms with E-state index in [2.05, 4.69) is 37.1 Å². The van der Waals surface area contributed by atoms with Gasteiger partial charge in [0.25, 0.3) is 11.8 Å². The molecule has 5 amide bonds. The number of unbranched alkanes of at least 4 members (excludes halogenated alkanes) is 1. The maximum absolute atomic E-state index is 13.7. The normalized spacial score (nSPS) is 15.4. The number of hydrazine groups is 1. The fourth-order valence-electron chi connectivity index (χ4n) is 7.76. The maximum Gasteiger partial charge on any atom is 0.326 e. The number of carboxylic acid groups (broad SMARTS) is 6. The number of carbonyl (C=O) groups is 10. The van der Waals surface area contributed by atoms with Crippen LogP contribution in [0.1, 0.15) is 48.0 Å². The Bertz CT molecular complexity index is 2410. The van der Waals surface area contributed by atoms with Crippen LogP contribution in [-0.4, -0.2) is 218 Å². The van der Waals surface area contributed by atoms with Crippen LogP contribution in [0.3, 0.4) is 0 Å². The van der Waals surface area contributed by atoms with Crippen molar-refractivity contribution < 1.29 is 78.6 Å². The Hall–Kier alpha value is -8.01. The lowest BCUT2D eigenvalue weighted by molar-refractivity contribution is -0.141. The van der Waals surface area contributed by atoms with E-state index in [0.717, 1.165) is 16.3 Å². The quantitative estimate of drug-likeness (QED) is 0.0317. The largest absolute Gasteiger partial charge is 0.481 e. The molecule has 27 heteroatoms. The average Bonchev–Trinajstić information content (AvgIpc) is 3.34. The third-order valence-electron chi connectivity index (χ3n) is 11.7. The molecule has 4 rings (SSSR count). The van der Waals surface area contributed by atoms with Crippen molar-refractivity contribution in [3.63, 3.8) is 0 Å². The number of nitrogens with zero attached hydrogens (tertiary/aromatic N) is 5. The van der Waals surface area contributed by atoms with Crippen LogP contribution < -0.4 is 32.1 Å². The van der Waals surface area contributed by atoms with Crippen molar-refractivity contribution in [1.29, 1.82) is 0 Å². The van der Waals surface area contributed by atoms with Crippen molar-refractivity contribution in [1.82, 2.24) is 51.3 Å². The monoisotopic (exact) mass is 1040 g/mol. The Balaban J connectivity index is 1.35. The molecule has 2 heterocycles. The van der Waals surface area contributed by atoms with Crippen LogP contribution in [0.25, 0.3) is 10.8 Å². The van der Waals surface area contributed by atoms with E-state index in [9.17, 15) is 73.5 Å². The van der Waals surface area contributed by atoms with Gasteiger partial charge in [-0.15, -0.1) is 0 Å². The van der Waals surface area contributed by atoms with E-state index in [1.807, 2.05) is 42.5 Å². The first-order valence-corrected chi connectivity index (χ1v) is 23.6. The molecular formula is C47H63N11O16. The molecule has 3 atom stereocenters. The van der Waals surface area contributed by atoms with E-state index in [1.54, 1.807) is 19.6 Å². The van der Waals surface area contributed by atoms with E-state index in [0.29, 0.717) is 0 Å². The highest BCUT2D eigenvalue weighted by Gasteiger charge is 2.27. The first-order chi connectivity index (χ1) is 35.2. The lowest BCUT2D eigenvalue weighted by atomic mass is 10.0. The second-order valence-corrected chi connectivity index (χ2v) is 17.4. The number of hydrogen-bond donors (Lipinski definition) is 12. The van der Waals surface area contributed by atoms with Crippen LogP contribution in [0.4, 0.5) is 10.6 Å². The van der Waals surface area contributed by atoms with E-state index in [4.69, 9.17) is 5.11 Å². The second-order valence-electron chi connectivity index (χ2n) is 17.4. The van der Waals surface area contributed by atoms with Crippen molar-refractivity contribution in [3.8, 4) is 0 Å². The van der Waals surface area contributed by atoms with Crippen LogP contribution in [0, 0.1) is 0 Å². The van der Waals surface area contributed by atoms with Crippen molar-refractivity contribution in [2.45, 2.75) is 56.7 Å². The highest BCUT2D eigenvalue weighted by molar-refractivity contribution is 5.97. The summed E-state index contributed by atoms with van der Waals surface area (Å²) in [6.45, 7) is 0.618. The van der Waals surface area contributed by atoms with Gasteiger partial charge in [0.1, 0.15) is 23.9 Å². The molecule has 0 aliphatic carbocycles. The molecule has 0 bridgehead atoms. The number of nitrogens with one attached hydrogen (secondary N) is 6. The fraction of sp³-hybridized carbons (Fsp3) is 0.468. The Morgan fingerprint density at radius 3 is 1.58 bits per heavy atom. The molecule has 0 saturated carbocycles. The van der Waals surface area contributed by atoms with E-state index in [-0.39, 0.29) is 122 Å². The summed E-state index contributed by atoms with van der Waals surface area (Å²) < 4.78 is 0. The van der Waals surface area contributed by atoms with Gasteiger partial charge >= 0.3 is 41.8 Å². The zero-order chi connectivity index (χ0) is 54.2. The molecule has 1 aliphatic rings. The van der Waals surface area contributed by atoms with Crippen molar-refractivity contribution >= 4 is 76.2 Å². The molecule has 12 N–H and O–H groups in total. The molecule has 1 aliphatic heterocycles. The van der Waals surface area contributed by atoms with Gasteiger partial charge in [0, 0.05) is 77.9 Å². The summed E-state index contributed by atoms with van der Waals surface area (Å²) in [6, 6.07) is 10.8. The van der Waals surface area contributed by atoms with Crippen molar-refractivity contribution in [2.75, 3.05) is 90.5 Å². The minimum atomic E-state index is -1.57. The molecule has 0 spiro atoms. The lowest BCUT2D eigenvalue weighted by Gasteiger charge is -2.32. The summed E-state index contributed by atoms with van der Waals surface area (Å²) in [7, 11) is 0. The number of pyridine rings is 1. The smallest absolute Gasteiger partial charge is 0.326 e. The number of rotatable bonds is 27.